The van der Waals surface area contributed by atoms with E-state index in [4.69, 9.17) is 0 Å². The highest BCUT2D eigenvalue weighted by atomic mass is 15.1. The van der Waals surface area contributed by atoms with E-state index in [0.29, 0.717) is 5.92 Å². The van der Waals surface area contributed by atoms with Crippen molar-refractivity contribution in [2.45, 2.75) is 206 Å². The van der Waals surface area contributed by atoms with E-state index in [0.717, 1.165) is 13.0 Å². The van der Waals surface area contributed by atoms with Crippen molar-refractivity contribution in [2.75, 3.05) is 0 Å². The number of aromatic nitrogens is 2. The zero-order valence-electron chi connectivity index (χ0n) is 32.5. The Hall–Kier alpha value is -2.35. The molecule has 0 amide bonds. The Morgan fingerprint density at radius 2 is 0.959 bits per heavy atom. The highest BCUT2D eigenvalue weighted by molar-refractivity contribution is 5.32. The van der Waals surface area contributed by atoms with Crippen LogP contribution in [-0.2, 0) is 18.4 Å². The molecule has 0 saturated heterocycles. The van der Waals surface area contributed by atoms with E-state index >= 15 is 0 Å². The van der Waals surface area contributed by atoms with Gasteiger partial charge in [0.05, 0.1) is 12.5 Å². The molecular formula is C47H77N2+. The number of rotatable bonds is 31. The average Bonchev–Trinajstić information content (AvgIpc) is 3.59. The van der Waals surface area contributed by atoms with E-state index in [1.165, 1.54) is 177 Å². The zero-order valence-corrected chi connectivity index (χ0v) is 32.5. The third-order valence-electron chi connectivity index (χ3n) is 11.3. The maximum absolute atomic E-state index is 3.81. The summed E-state index contributed by atoms with van der Waals surface area (Å²) in [6, 6.07) is 22.6. The third-order valence-corrected chi connectivity index (χ3v) is 11.3. The summed E-state index contributed by atoms with van der Waals surface area (Å²) < 4.78 is 2.59. The van der Waals surface area contributed by atoms with Gasteiger partial charge in [0.2, 0.25) is 0 Å². The van der Waals surface area contributed by atoms with Crippen LogP contribution in [0.1, 0.15) is 204 Å². The first-order valence-electron chi connectivity index (χ1n) is 21.3. The van der Waals surface area contributed by atoms with Crippen LogP contribution in [-0.4, -0.2) is 4.98 Å². The minimum atomic E-state index is 0.00563. The molecule has 0 saturated carbocycles. The summed E-state index contributed by atoms with van der Waals surface area (Å²) in [4.78, 5) is 3.81. The largest absolute Gasteiger partial charge is 0.258 e. The molecule has 0 spiro atoms. The highest BCUT2D eigenvalue weighted by Gasteiger charge is 2.41. The Kier molecular flexibility index (Phi) is 22.2. The number of hydrogen-bond acceptors (Lipinski definition) is 0. The van der Waals surface area contributed by atoms with Crippen molar-refractivity contribution in [1.82, 2.24) is 4.98 Å². The summed E-state index contributed by atoms with van der Waals surface area (Å²) in [6.45, 7) is 8.29. The van der Waals surface area contributed by atoms with Crippen LogP contribution in [0, 0.1) is 0 Å². The molecule has 3 rings (SSSR count). The van der Waals surface area contributed by atoms with Crippen LogP contribution < -0.4 is 4.57 Å². The van der Waals surface area contributed by atoms with Crippen molar-refractivity contribution in [3.63, 3.8) is 0 Å². The van der Waals surface area contributed by atoms with E-state index in [1.54, 1.807) is 0 Å². The van der Waals surface area contributed by atoms with Crippen molar-refractivity contribution < 1.29 is 4.57 Å². The summed E-state index contributed by atoms with van der Waals surface area (Å²) >= 11 is 0. The van der Waals surface area contributed by atoms with Gasteiger partial charge in [0.15, 0.2) is 0 Å². The molecule has 2 atom stereocenters. The quantitative estimate of drug-likeness (QED) is 0.0519. The molecule has 1 heterocycles. The van der Waals surface area contributed by atoms with Gasteiger partial charge in [-0.3, -0.25) is 0 Å². The van der Waals surface area contributed by atoms with Crippen LogP contribution in [0.25, 0.3) is 0 Å². The molecule has 0 aliphatic rings. The molecule has 49 heavy (non-hydrogen) atoms. The molecule has 2 nitrogen and oxygen atoms in total. The third kappa shape index (κ3) is 16.5. The van der Waals surface area contributed by atoms with E-state index in [2.05, 4.69) is 103 Å². The van der Waals surface area contributed by atoms with Gasteiger partial charge in [0.25, 0.3) is 5.82 Å². The summed E-state index contributed by atoms with van der Waals surface area (Å²) in [6.07, 6.45) is 40.5. The molecule has 0 fully saturated rings. The summed E-state index contributed by atoms with van der Waals surface area (Å²) in [5.41, 5.74) is 2.90. The molecule has 3 aromatic rings. The zero-order chi connectivity index (χ0) is 34.7. The predicted molar refractivity (Wildman–Crippen MR) is 214 cm³/mol. The lowest BCUT2D eigenvalue weighted by atomic mass is 9.66. The van der Waals surface area contributed by atoms with Crippen molar-refractivity contribution >= 4 is 0 Å². The Morgan fingerprint density at radius 3 is 1.45 bits per heavy atom. The number of H-pyrrole nitrogens is 1. The molecule has 1 aromatic heterocycles. The van der Waals surface area contributed by atoms with Gasteiger partial charge in [-0.15, -0.1) is 0 Å². The SMILES string of the molecule is CCCCCCCCCCCCCCCCCCC[n+]1cc[nH]c1C(CCCCCCCCC)C(C)(Cc1ccccc1)c1ccccc1. The highest BCUT2D eigenvalue weighted by Crippen LogP contribution is 2.43. The summed E-state index contributed by atoms with van der Waals surface area (Å²) in [5.74, 6) is 1.87. The Balaban J connectivity index is 1.48. The number of aromatic amines is 1. The maximum atomic E-state index is 3.81. The first kappa shape index (κ1) is 41.1. The van der Waals surface area contributed by atoms with Gasteiger partial charge in [-0.05, 0) is 36.8 Å². The smallest absolute Gasteiger partial charge is 0.247 e. The van der Waals surface area contributed by atoms with Gasteiger partial charge in [0.1, 0.15) is 12.4 Å². The summed E-state index contributed by atoms with van der Waals surface area (Å²) in [7, 11) is 0. The van der Waals surface area contributed by atoms with Gasteiger partial charge >= 0.3 is 0 Å². The lowest BCUT2D eigenvalue weighted by Crippen LogP contribution is -2.43. The first-order chi connectivity index (χ1) is 24.2. The maximum Gasteiger partial charge on any atom is 0.258 e. The second kappa shape index (κ2) is 26.5. The predicted octanol–water partition coefficient (Wildman–Crippen LogP) is 14.4. The standard InChI is InChI=1S/C47H76N2/c1-4-6-8-10-12-13-14-15-16-17-18-19-20-21-23-25-33-40-49-41-39-48-46(49)45(38-32-24-22-11-9-7-5-2)47(3,44-36-30-27-31-37-44)42-43-34-28-26-29-35-43/h26-31,34-37,39,41,45H,4-25,32-33,38,40,42H2,1-3H3/p+1. The number of nitrogens with zero attached hydrogens (tertiary/aromatic N) is 1. The molecule has 0 bridgehead atoms. The molecule has 2 unspecified atom stereocenters. The Labute approximate surface area is 304 Å². The minimum Gasteiger partial charge on any atom is -0.247 e. The fourth-order valence-corrected chi connectivity index (χ4v) is 8.21. The number of imidazole rings is 1. The van der Waals surface area contributed by atoms with Gasteiger partial charge in [-0.2, -0.15) is 0 Å². The topological polar surface area (TPSA) is 19.7 Å². The van der Waals surface area contributed by atoms with Crippen molar-refractivity contribution in [3.05, 3.63) is 90.0 Å². The number of aryl methyl sites for hydroxylation is 1. The van der Waals surface area contributed by atoms with Crippen molar-refractivity contribution in [1.29, 1.82) is 0 Å². The van der Waals surface area contributed by atoms with Crippen LogP contribution in [0.4, 0.5) is 0 Å². The summed E-state index contributed by atoms with van der Waals surface area (Å²) in [5, 5.41) is 0. The number of nitrogens with one attached hydrogen (secondary N) is 1. The fraction of sp³-hybridized carbons (Fsp3) is 0.681. The lowest BCUT2D eigenvalue weighted by Gasteiger charge is -2.37. The molecular weight excluding hydrogens is 593 g/mol. The number of benzene rings is 2. The van der Waals surface area contributed by atoms with Crippen LogP contribution in [0.5, 0.6) is 0 Å². The van der Waals surface area contributed by atoms with Gasteiger partial charge < -0.3 is 0 Å². The van der Waals surface area contributed by atoms with Crippen molar-refractivity contribution in [3.8, 4) is 0 Å². The van der Waals surface area contributed by atoms with E-state index < -0.39 is 0 Å². The van der Waals surface area contributed by atoms with Gasteiger partial charge in [-0.1, -0.05) is 223 Å². The Morgan fingerprint density at radius 1 is 0.531 bits per heavy atom. The molecule has 0 radical (unpaired) electrons. The average molecular weight is 670 g/mol. The van der Waals surface area contributed by atoms with Crippen LogP contribution in [0.2, 0.25) is 0 Å². The molecule has 274 valence electrons. The molecule has 2 aromatic carbocycles. The molecule has 2 heteroatoms. The van der Waals surface area contributed by atoms with E-state index in [-0.39, 0.29) is 5.41 Å². The normalized spacial score (nSPS) is 13.4. The molecule has 0 aliphatic heterocycles. The minimum absolute atomic E-state index is 0.00563. The Bertz CT molecular complexity index is 1150. The first-order valence-corrected chi connectivity index (χ1v) is 21.3. The van der Waals surface area contributed by atoms with E-state index in [9.17, 15) is 0 Å². The monoisotopic (exact) mass is 670 g/mol. The van der Waals surface area contributed by atoms with Gasteiger partial charge in [0, 0.05) is 5.41 Å². The van der Waals surface area contributed by atoms with Crippen LogP contribution >= 0.6 is 0 Å². The fourth-order valence-electron chi connectivity index (χ4n) is 8.21. The second-order valence-electron chi connectivity index (χ2n) is 15.6. The molecule has 1 N–H and O–H groups in total. The van der Waals surface area contributed by atoms with Gasteiger partial charge in [-0.25, -0.2) is 9.55 Å². The number of unbranched alkanes of at least 4 members (excludes halogenated alkanes) is 22. The van der Waals surface area contributed by atoms with Crippen LogP contribution in [0.15, 0.2) is 73.1 Å². The number of hydrogen-bond donors (Lipinski definition) is 1. The lowest BCUT2D eigenvalue weighted by molar-refractivity contribution is -0.705. The van der Waals surface area contributed by atoms with E-state index in [1.807, 2.05) is 0 Å². The van der Waals surface area contributed by atoms with Crippen LogP contribution in [0.3, 0.4) is 0 Å². The van der Waals surface area contributed by atoms with Crippen molar-refractivity contribution in [2.24, 2.45) is 0 Å². The second-order valence-corrected chi connectivity index (χ2v) is 15.6. The molecule has 0 aliphatic carbocycles.